The Morgan fingerprint density at radius 1 is 0.979 bits per heavy atom. The van der Waals surface area contributed by atoms with Crippen LogP contribution >= 0.6 is 11.6 Å². The molecule has 1 heterocycles. The highest BCUT2D eigenvalue weighted by atomic mass is 35.5. The summed E-state index contributed by atoms with van der Waals surface area (Å²) >= 11 is 6.60. The molecule has 0 aliphatic rings. The molecule has 13 nitrogen and oxygen atoms in total. The summed E-state index contributed by atoms with van der Waals surface area (Å²) < 4.78 is 11.4. The number of amidine groups is 1. The molecule has 0 aliphatic carbocycles. The molecule has 14 heteroatoms. The van der Waals surface area contributed by atoms with Crippen LogP contribution in [0.2, 0.25) is 5.15 Å². The number of nitrogens with two attached hydrogens (primary N) is 2. The van der Waals surface area contributed by atoms with E-state index < -0.39 is 30.1 Å². The quantitative estimate of drug-likeness (QED) is 0.0720. The van der Waals surface area contributed by atoms with Crippen LogP contribution in [0.25, 0.3) is 11.3 Å². The van der Waals surface area contributed by atoms with Crippen LogP contribution in [0.4, 0.5) is 16.3 Å². The van der Waals surface area contributed by atoms with Crippen LogP contribution in [0, 0.1) is 0 Å². The largest absolute Gasteiger partial charge is 0.462 e. The number of carbonyl (C=O) groups excluding carboxylic acids is 3. The molecule has 0 atom stereocenters. The summed E-state index contributed by atoms with van der Waals surface area (Å²) in [6.07, 6.45) is -0.819. The highest BCUT2D eigenvalue weighted by Crippen LogP contribution is 2.29. The smallest absolute Gasteiger partial charge is 0.435 e. The number of nitrogens with zero attached hydrogens (tertiary/aromatic N) is 3. The maximum absolute atomic E-state index is 13.6. The second-order valence-corrected chi connectivity index (χ2v) is 11.2. The number of benzene rings is 3. The molecule has 0 fully saturated rings. The molecular formula is C34H36ClN7O6. The van der Waals surface area contributed by atoms with Crippen molar-refractivity contribution in [2.24, 2.45) is 10.7 Å². The predicted octanol–water partition coefficient (Wildman–Crippen LogP) is 4.50. The maximum Gasteiger partial charge on any atom is 0.435 e. The van der Waals surface area contributed by atoms with E-state index >= 15 is 0 Å². The molecule has 0 saturated carbocycles. The van der Waals surface area contributed by atoms with Gasteiger partial charge < -0.3 is 31.6 Å². The van der Waals surface area contributed by atoms with Gasteiger partial charge >= 0.3 is 12.1 Å². The van der Waals surface area contributed by atoms with Gasteiger partial charge in [0.05, 0.1) is 17.9 Å². The molecular weight excluding hydrogens is 638 g/mol. The minimum atomic E-state index is -0.819. The Bertz CT molecular complexity index is 1880. The highest BCUT2D eigenvalue weighted by Gasteiger charge is 2.21. The summed E-state index contributed by atoms with van der Waals surface area (Å²) in [5.41, 5.74) is 14.3. The maximum atomic E-state index is 13.6. The first-order valence-corrected chi connectivity index (χ1v) is 15.4. The zero-order chi connectivity index (χ0) is 34.8. The molecule has 0 saturated heterocycles. The van der Waals surface area contributed by atoms with Gasteiger partial charge in [-0.2, -0.15) is 4.99 Å². The Morgan fingerprint density at radius 3 is 2.35 bits per heavy atom. The predicted molar refractivity (Wildman–Crippen MR) is 184 cm³/mol. The first-order valence-electron chi connectivity index (χ1n) is 15.0. The average Bonchev–Trinajstić information content (AvgIpc) is 3.05. The van der Waals surface area contributed by atoms with Crippen molar-refractivity contribution in [1.82, 2.24) is 14.9 Å². The number of esters is 1. The van der Waals surface area contributed by atoms with Gasteiger partial charge in [0, 0.05) is 29.4 Å². The van der Waals surface area contributed by atoms with Crippen LogP contribution < -0.4 is 27.7 Å². The molecule has 3 aromatic carbocycles. The van der Waals surface area contributed by atoms with Gasteiger partial charge in [-0.15, -0.1) is 0 Å². The van der Waals surface area contributed by atoms with E-state index in [0.29, 0.717) is 16.7 Å². The SMILES string of the molecule is CCOC(=O)c1cc(N)cc(-c2c(Cl)nc(NC(C)C)c(=O)n2CC(=O)NCc2ccc(C(N)=NC(=O)OCc3ccccc3)cc2)c1. The van der Waals surface area contributed by atoms with Crippen molar-refractivity contribution in [2.75, 3.05) is 17.7 Å². The van der Waals surface area contributed by atoms with Crippen molar-refractivity contribution >= 4 is 46.9 Å². The lowest BCUT2D eigenvalue weighted by Gasteiger charge is -2.18. The molecule has 0 radical (unpaired) electrons. The number of nitrogen functional groups attached to an aromatic ring is 1. The summed E-state index contributed by atoms with van der Waals surface area (Å²) in [7, 11) is 0. The van der Waals surface area contributed by atoms with Gasteiger partial charge in [0.15, 0.2) is 11.0 Å². The number of carbonyl (C=O) groups is 3. The fourth-order valence-electron chi connectivity index (χ4n) is 4.56. The summed E-state index contributed by atoms with van der Waals surface area (Å²) in [6.45, 7) is 5.23. The molecule has 48 heavy (non-hydrogen) atoms. The third-order valence-corrected chi connectivity index (χ3v) is 7.01. The van der Waals surface area contributed by atoms with Crippen LogP contribution in [0.5, 0.6) is 0 Å². The number of amides is 2. The summed E-state index contributed by atoms with van der Waals surface area (Å²) in [4.78, 5) is 59.4. The molecule has 4 aromatic rings. The van der Waals surface area contributed by atoms with Gasteiger partial charge in [-0.1, -0.05) is 66.2 Å². The Balaban J connectivity index is 1.50. The third kappa shape index (κ3) is 9.42. The van der Waals surface area contributed by atoms with Crippen LogP contribution in [0.15, 0.2) is 82.6 Å². The van der Waals surface area contributed by atoms with E-state index in [-0.39, 0.29) is 59.6 Å². The van der Waals surface area contributed by atoms with Gasteiger partial charge in [0.2, 0.25) is 5.91 Å². The second kappa shape index (κ2) is 16.2. The first kappa shape index (κ1) is 35.2. The van der Waals surface area contributed by atoms with Crippen molar-refractivity contribution in [3.63, 3.8) is 0 Å². The van der Waals surface area contributed by atoms with E-state index in [0.717, 1.165) is 5.56 Å². The number of hydrogen-bond acceptors (Lipinski definition) is 9. The molecule has 250 valence electrons. The molecule has 6 N–H and O–H groups in total. The Kier molecular flexibility index (Phi) is 11.9. The molecule has 0 unspecified atom stereocenters. The van der Waals surface area contributed by atoms with Crippen LogP contribution in [-0.2, 0) is 34.0 Å². The Morgan fingerprint density at radius 2 is 1.69 bits per heavy atom. The standard InChI is InChI=1S/C34H36ClN7O6/c1-4-47-33(45)25-14-24(15-26(36)16-25)28-29(35)40-31(39-20(2)3)32(44)42(28)18-27(43)38-17-21-10-12-23(13-11-21)30(37)41-34(46)48-19-22-8-6-5-7-9-22/h5-16,20H,4,17-19,36H2,1-3H3,(H,38,43)(H,39,40)(H2,37,41,46). The highest BCUT2D eigenvalue weighted by molar-refractivity contribution is 6.32. The lowest BCUT2D eigenvalue weighted by Crippen LogP contribution is -2.35. The van der Waals surface area contributed by atoms with Crippen molar-refractivity contribution in [1.29, 1.82) is 0 Å². The number of anilines is 2. The van der Waals surface area contributed by atoms with Crippen molar-refractivity contribution in [3.05, 3.63) is 111 Å². The first-order chi connectivity index (χ1) is 22.9. The van der Waals surface area contributed by atoms with Gasteiger partial charge in [0.25, 0.3) is 5.56 Å². The Hall–Kier alpha value is -5.69. The number of ether oxygens (including phenoxy) is 2. The number of aromatic nitrogens is 2. The molecule has 0 spiro atoms. The molecule has 0 aliphatic heterocycles. The van der Waals surface area contributed by atoms with Crippen LogP contribution in [0.1, 0.15) is 47.8 Å². The third-order valence-electron chi connectivity index (χ3n) is 6.75. The molecule has 2 amide bonds. The number of aliphatic imine (C=N–C) groups is 1. The zero-order valence-electron chi connectivity index (χ0n) is 26.7. The fraction of sp³-hybridized carbons (Fsp3) is 0.235. The molecule has 4 rings (SSSR count). The van der Waals surface area contributed by atoms with E-state index in [9.17, 15) is 19.2 Å². The van der Waals surface area contributed by atoms with E-state index in [1.165, 1.54) is 22.8 Å². The van der Waals surface area contributed by atoms with Crippen LogP contribution in [0.3, 0.4) is 0 Å². The lowest BCUT2D eigenvalue weighted by atomic mass is 10.1. The monoisotopic (exact) mass is 673 g/mol. The fourth-order valence-corrected chi connectivity index (χ4v) is 4.86. The van der Waals surface area contributed by atoms with Gasteiger partial charge in [0.1, 0.15) is 19.0 Å². The van der Waals surface area contributed by atoms with E-state index in [1.54, 1.807) is 31.2 Å². The van der Waals surface area contributed by atoms with Crippen molar-refractivity contribution in [3.8, 4) is 11.3 Å². The van der Waals surface area contributed by atoms with Crippen LogP contribution in [-0.4, -0.2) is 46.0 Å². The number of rotatable bonds is 12. The average molecular weight is 674 g/mol. The number of nitrogens with one attached hydrogen (secondary N) is 2. The Labute approximate surface area is 281 Å². The lowest BCUT2D eigenvalue weighted by molar-refractivity contribution is -0.121. The minimum absolute atomic E-state index is 0.0245. The zero-order valence-corrected chi connectivity index (χ0v) is 27.4. The topological polar surface area (TPSA) is 193 Å². The van der Waals surface area contributed by atoms with E-state index in [4.69, 9.17) is 32.5 Å². The molecule has 1 aromatic heterocycles. The van der Waals surface area contributed by atoms with E-state index in [1.807, 2.05) is 44.2 Å². The number of hydrogen-bond donors (Lipinski definition) is 4. The summed E-state index contributed by atoms with van der Waals surface area (Å²) in [5, 5.41) is 5.66. The summed E-state index contributed by atoms with van der Waals surface area (Å²) in [5.74, 6) is -1.18. The van der Waals surface area contributed by atoms with Crippen molar-refractivity contribution < 1.29 is 23.9 Å². The van der Waals surface area contributed by atoms with Gasteiger partial charge in [-0.25, -0.2) is 14.6 Å². The van der Waals surface area contributed by atoms with Gasteiger partial charge in [-0.05, 0) is 50.1 Å². The molecule has 0 bridgehead atoms. The van der Waals surface area contributed by atoms with E-state index in [2.05, 4.69) is 20.6 Å². The normalized spacial score (nSPS) is 11.2. The number of halogens is 1. The minimum Gasteiger partial charge on any atom is -0.462 e. The van der Waals surface area contributed by atoms with Gasteiger partial charge in [-0.3, -0.25) is 14.2 Å². The van der Waals surface area contributed by atoms with Crippen molar-refractivity contribution in [2.45, 2.75) is 46.5 Å². The second-order valence-electron chi connectivity index (χ2n) is 10.9. The summed E-state index contributed by atoms with van der Waals surface area (Å²) in [6, 6.07) is 20.2.